The molecule has 0 radical (unpaired) electrons. The van der Waals surface area contributed by atoms with Gasteiger partial charge in [-0.2, -0.15) is 8.78 Å². The van der Waals surface area contributed by atoms with Crippen LogP contribution in [0.5, 0.6) is 5.75 Å². The van der Waals surface area contributed by atoms with Crippen LogP contribution in [-0.2, 0) is 0 Å². The van der Waals surface area contributed by atoms with Crippen LogP contribution in [0.2, 0.25) is 0 Å². The van der Waals surface area contributed by atoms with Gasteiger partial charge >= 0.3 is 6.61 Å². The Morgan fingerprint density at radius 1 is 0.676 bits per heavy atom. The van der Waals surface area contributed by atoms with Gasteiger partial charge in [0, 0.05) is 5.92 Å². The van der Waals surface area contributed by atoms with Crippen molar-refractivity contribution in [2.24, 2.45) is 0 Å². The predicted molar refractivity (Wildman–Crippen MR) is 133 cm³/mol. The van der Waals surface area contributed by atoms with Gasteiger partial charge in [0.1, 0.15) is 11.9 Å². The van der Waals surface area contributed by atoms with Crippen LogP contribution >= 0.6 is 0 Å². The first-order chi connectivity index (χ1) is 16.5. The van der Waals surface area contributed by atoms with Crippen LogP contribution in [0.4, 0.5) is 13.2 Å². The molecule has 0 heterocycles. The zero-order valence-electron chi connectivity index (χ0n) is 19.3. The zero-order chi connectivity index (χ0) is 23.9. The summed E-state index contributed by atoms with van der Waals surface area (Å²) in [6.07, 6.45) is 2.82. The van der Waals surface area contributed by atoms with Crippen molar-refractivity contribution in [3.8, 4) is 16.9 Å². The maximum Gasteiger partial charge on any atom is 0.387 e. The second-order valence-electron chi connectivity index (χ2n) is 8.64. The highest BCUT2D eigenvalue weighted by molar-refractivity contribution is 5.83. The molecular formula is C30H29F3O. The molecule has 0 aliphatic rings. The van der Waals surface area contributed by atoms with E-state index in [0.717, 1.165) is 53.1 Å². The molecule has 34 heavy (non-hydrogen) atoms. The summed E-state index contributed by atoms with van der Waals surface area (Å²) < 4.78 is 45.1. The van der Waals surface area contributed by atoms with Crippen molar-refractivity contribution in [2.45, 2.75) is 51.3 Å². The summed E-state index contributed by atoms with van der Waals surface area (Å²) in [5.41, 5.74) is 3.51. The lowest BCUT2D eigenvalue weighted by Gasteiger charge is -2.23. The van der Waals surface area contributed by atoms with Crippen LogP contribution < -0.4 is 4.74 Å². The fourth-order valence-corrected chi connectivity index (χ4v) is 4.46. The quantitative estimate of drug-likeness (QED) is 0.213. The minimum atomic E-state index is -2.84. The lowest BCUT2D eigenvalue weighted by molar-refractivity contribution is -0.0498. The van der Waals surface area contributed by atoms with E-state index in [4.69, 9.17) is 0 Å². The first kappa shape index (κ1) is 23.9. The molecule has 4 aromatic carbocycles. The van der Waals surface area contributed by atoms with Gasteiger partial charge in [-0.25, -0.2) is 4.39 Å². The number of ether oxygens (including phenoxy) is 1. The second-order valence-corrected chi connectivity index (χ2v) is 8.64. The summed E-state index contributed by atoms with van der Waals surface area (Å²) in [4.78, 5) is 0. The average Bonchev–Trinajstić information content (AvgIpc) is 2.86. The Kier molecular flexibility index (Phi) is 7.89. The number of rotatable bonds is 10. The Morgan fingerprint density at radius 2 is 1.29 bits per heavy atom. The smallest absolute Gasteiger partial charge is 0.387 e. The summed E-state index contributed by atoms with van der Waals surface area (Å²) in [6.45, 7) is -0.691. The van der Waals surface area contributed by atoms with Gasteiger partial charge in [0.2, 0.25) is 0 Å². The lowest BCUT2D eigenvalue weighted by atomic mass is 9.85. The van der Waals surface area contributed by atoms with E-state index < -0.39 is 12.8 Å². The van der Waals surface area contributed by atoms with E-state index in [1.54, 1.807) is 12.1 Å². The van der Waals surface area contributed by atoms with Crippen molar-refractivity contribution < 1.29 is 17.9 Å². The Morgan fingerprint density at radius 3 is 1.94 bits per heavy atom. The first-order valence-electron chi connectivity index (χ1n) is 11.8. The maximum atomic E-state index is 15.9. The van der Waals surface area contributed by atoms with E-state index in [0.29, 0.717) is 5.56 Å². The number of hydrogen-bond acceptors (Lipinski definition) is 1. The van der Waals surface area contributed by atoms with Crippen molar-refractivity contribution in [2.75, 3.05) is 0 Å². The van der Waals surface area contributed by atoms with E-state index in [1.807, 2.05) is 66.7 Å². The van der Waals surface area contributed by atoms with Crippen LogP contribution in [0.15, 0.2) is 91.0 Å². The molecule has 1 nitrogen and oxygen atoms in total. The molecule has 4 heteroatoms. The molecule has 2 atom stereocenters. The Hall–Kier alpha value is -3.27. The summed E-state index contributed by atoms with van der Waals surface area (Å²) >= 11 is 0. The maximum absolute atomic E-state index is 15.9. The van der Waals surface area contributed by atoms with Gasteiger partial charge in [-0.15, -0.1) is 0 Å². The van der Waals surface area contributed by atoms with Crippen LogP contribution in [-0.4, -0.2) is 6.61 Å². The molecule has 0 aliphatic carbocycles. The van der Waals surface area contributed by atoms with Crippen LogP contribution in [0, 0.1) is 0 Å². The van der Waals surface area contributed by atoms with Crippen molar-refractivity contribution in [3.63, 3.8) is 0 Å². The van der Waals surface area contributed by atoms with Crippen LogP contribution in [0.25, 0.3) is 21.9 Å². The summed E-state index contributed by atoms with van der Waals surface area (Å²) in [5.74, 6) is -0.106. The standard InChI is InChI=1S/C30H29F3O/c1-2-3-4-9-28(29(31)26-15-12-21-7-5-6-8-25(21)20-26)24-13-10-22(11-14-24)23-16-18-27(19-17-23)34-30(32)33/h5-8,10-20,28-30H,2-4,9H2,1H3. The highest BCUT2D eigenvalue weighted by atomic mass is 19.3. The Bertz CT molecular complexity index is 1190. The fraction of sp³-hybridized carbons (Fsp3) is 0.267. The molecule has 4 aromatic rings. The molecule has 0 saturated carbocycles. The molecule has 0 fully saturated rings. The zero-order valence-corrected chi connectivity index (χ0v) is 19.3. The molecule has 0 bridgehead atoms. The highest BCUT2D eigenvalue weighted by Gasteiger charge is 2.24. The van der Waals surface area contributed by atoms with Crippen molar-refractivity contribution in [1.29, 1.82) is 0 Å². The second kappa shape index (κ2) is 11.2. The van der Waals surface area contributed by atoms with E-state index in [1.165, 1.54) is 12.1 Å². The van der Waals surface area contributed by atoms with E-state index >= 15 is 4.39 Å². The number of fused-ring (bicyclic) bond motifs is 1. The van der Waals surface area contributed by atoms with Gasteiger partial charge in [0.05, 0.1) is 0 Å². The van der Waals surface area contributed by atoms with E-state index in [2.05, 4.69) is 11.7 Å². The largest absolute Gasteiger partial charge is 0.435 e. The van der Waals surface area contributed by atoms with E-state index in [-0.39, 0.29) is 11.7 Å². The van der Waals surface area contributed by atoms with Gasteiger partial charge in [0.15, 0.2) is 0 Å². The summed E-state index contributed by atoms with van der Waals surface area (Å²) in [6, 6.07) is 28.3. The van der Waals surface area contributed by atoms with Gasteiger partial charge in [-0.1, -0.05) is 99.0 Å². The topological polar surface area (TPSA) is 9.23 Å². The third kappa shape index (κ3) is 5.80. The highest BCUT2D eigenvalue weighted by Crippen LogP contribution is 2.39. The summed E-state index contributed by atoms with van der Waals surface area (Å²) in [7, 11) is 0. The molecular weight excluding hydrogens is 433 g/mol. The summed E-state index contributed by atoms with van der Waals surface area (Å²) in [5, 5.41) is 2.15. The van der Waals surface area contributed by atoms with Crippen LogP contribution in [0.1, 0.15) is 55.8 Å². The molecule has 2 unspecified atom stereocenters. The minimum Gasteiger partial charge on any atom is -0.435 e. The number of halogens is 3. The molecule has 0 aliphatic heterocycles. The van der Waals surface area contributed by atoms with Gasteiger partial charge in [-0.05, 0) is 57.6 Å². The van der Waals surface area contributed by atoms with Gasteiger partial charge in [0.25, 0.3) is 0 Å². The van der Waals surface area contributed by atoms with Gasteiger partial charge < -0.3 is 4.74 Å². The Balaban J connectivity index is 1.57. The number of hydrogen-bond donors (Lipinski definition) is 0. The van der Waals surface area contributed by atoms with Crippen molar-refractivity contribution in [1.82, 2.24) is 0 Å². The van der Waals surface area contributed by atoms with Crippen molar-refractivity contribution in [3.05, 3.63) is 102 Å². The lowest BCUT2D eigenvalue weighted by Crippen LogP contribution is -2.08. The molecule has 0 amide bonds. The monoisotopic (exact) mass is 462 g/mol. The van der Waals surface area contributed by atoms with Gasteiger partial charge in [-0.3, -0.25) is 0 Å². The molecule has 0 aromatic heterocycles. The molecule has 0 saturated heterocycles. The number of benzene rings is 4. The molecule has 4 rings (SSSR count). The Labute approximate surface area is 199 Å². The van der Waals surface area contributed by atoms with Crippen LogP contribution in [0.3, 0.4) is 0 Å². The first-order valence-corrected chi connectivity index (χ1v) is 11.8. The third-order valence-electron chi connectivity index (χ3n) is 6.32. The molecule has 176 valence electrons. The van der Waals surface area contributed by atoms with Crippen molar-refractivity contribution >= 4 is 10.8 Å². The third-order valence-corrected chi connectivity index (χ3v) is 6.32. The number of unbranched alkanes of at least 4 members (excludes halogenated alkanes) is 2. The minimum absolute atomic E-state index is 0.127. The predicted octanol–water partition coefficient (Wildman–Crippen LogP) is 9.48. The average molecular weight is 463 g/mol. The SMILES string of the molecule is CCCCCC(c1ccc(-c2ccc(OC(F)F)cc2)cc1)C(F)c1ccc2ccccc2c1. The fourth-order valence-electron chi connectivity index (χ4n) is 4.46. The van der Waals surface area contributed by atoms with E-state index in [9.17, 15) is 8.78 Å². The normalized spacial score (nSPS) is 13.2. The number of alkyl halides is 3. The molecule has 0 N–H and O–H groups in total. The molecule has 0 spiro atoms.